The van der Waals surface area contributed by atoms with Crippen LogP contribution >= 0.6 is 0 Å². The minimum atomic E-state index is 0. The van der Waals surface area contributed by atoms with Gasteiger partial charge >= 0.3 is 120 Å². The fraction of sp³-hybridized carbons (Fsp3) is 0. The molecule has 0 saturated carbocycles. The Labute approximate surface area is 266 Å². The first-order valence-electron chi connectivity index (χ1n) is 0. The van der Waals surface area contributed by atoms with Crippen molar-refractivity contribution in [3.63, 3.8) is 0 Å². The molecule has 0 aliphatic heterocycles. The van der Waals surface area contributed by atoms with Crippen LogP contribution in [0, 0.1) is 0 Å². The van der Waals surface area contributed by atoms with Crippen LogP contribution in [0.3, 0.4) is 0 Å². The van der Waals surface area contributed by atoms with Crippen molar-refractivity contribution in [1.82, 2.24) is 0 Å². The quantitative estimate of drug-likeness (QED) is 0.215. The molecular weight excluding hydrogens is 1170 g/mol. The van der Waals surface area contributed by atoms with E-state index in [0.29, 0.717) is 0 Å². The molecule has 0 aromatic rings. The van der Waals surface area contributed by atoms with E-state index < -0.39 is 0 Å². The van der Waals surface area contributed by atoms with Gasteiger partial charge in [-0.25, -0.2) is 0 Å². The van der Waals surface area contributed by atoms with Gasteiger partial charge in [0.05, 0.1) is 0 Å². The molecule has 19 radical (unpaired) electrons. The first-order valence-corrected chi connectivity index (χ1v) is 0. The molecule has 0 aliphatic carbocycles. The molecule has 0 bridgehead atoms. The number of hydrogen-bond donors (Lipinski definition) is 0. The second kappa shape index (κ2) is 123. The Bertz CT molecular complexity index is 13.2. The summed E-state index contributed by atoms with van der Waals surface area (Å²) in [4.78, 5) is 0. The predicted molar refractivity (Wildman–Crippen MR) is 42.7 cm³/mol. The molecule has 0 unspecified atom stereocenters. The molecule has 0 N–H and O–H groups in total. The van der Waals surface area contributed by atoms with Gasteiger partial charge in [0.1, 0.15) is 0 Å². The molecule has 0 heterocycles. The van der Waals surface area contributed by atoms with E-state index in [1.807, 2.05) is 0 Å². The van der Waals surface area contributed by atoms with Gasteiger partial charge < -0.3 is 0 Å². The van der Waals surface area contributed by atoms with Crippen LogP contribution in [0.25, 0.3) is 0 Å². The number of rotatable bonds is 0. The molecule has 14 heteroatoms. The first-order chi connectivity index (χ1) is 0. The maximum atomic E-state index is 0. The third kappa shape index (κ3) is 106. The van der Waals surface area contributed by atoms with E-state index in [0.717, 1.165) is 0 Å². The van der Waals surface area contributed by atoms with Crippen LogP contribution in [-0.4, -0.2) is 120 Å². The molecule has 0 saturated heterocycles. The summed E-state index contributed by atoms with van der Waals surface area (Å²) >= 11 is 0. The van der Waals surface area contributed by atoms with Crippen molar-refractivity contribution in [2.24, 2.45) is 0 Å². The van der Waals surface area contributed by atoms with Gasteiger partial charge in [0.25, 0.3) is 0 Å². The van der Waals surface area contributed by atoms with Gasteiger partial charge in [-0.1, -0.05) is 0 Å². The maximum absolute atomic E-state index is 0. The molecule has 0 aliphatic rings. The van der Waals surface area contributed by atoms with E-state index >= 15 is 0 Å². The molecule has 0 aromatic carbocycles. The molecule has 0 spiro atoms. The monoisotopic (exact) mass is 1180 g/mol. The van der Waals surface area contributed by atoms with E-state index in [1.165, 1.54) is 0 Å². The van der Waals surface area contributed by atoms with Crippen molar-refractivity contribution in [2.45, 2.75) is 0 Å². The molecule has 129 valence electrons. The summed E-state index contributed by atoms with van der Waals surface area (Å²) in [5, 5.41) is 0. The van der Waals surface area contributed by atoms with Crippen molar-refractivity contribution in [3.8, 4) is 0 Å². The van der Waals surface area contributed by atoms with Gasteiger partial charge in [-0.2, -0.15) is 0 Å². The van der Waals surface area contributed by atoms with Crippen LogP contribution in [-0.2, 0) is 154 Å². The molecule has 14 heavy (non-hydrogen) atoms. The summed E-state index contributed by atoms with van der Waals surface area (Å²) in [7, 11) is 0. The third-order valence-electron chi connectivity index (χ3n) is 0. The second-order valence-corrected chi connectivity index (χ2v) is 0. The van der Waals surface area contributed by atoms with Crippen molar-refractivity contribution < 1.29 is 154 Å². The molecule has 0 aromatic heterocycles. The summed E-state index contributed by atoms with van der Waals surface area (Å²) in [5.74, 6) is 0. The van der Waals surface area contributed by atoms with E-state index in [-0.39, 0.29) is 273 Å². The Hall–Kier alpha value is 8.67. The molecule has 0 fully saturated rings. The van der Waals surface area contributed by atoms with Crippen LogP contribution in [0.4, 0.5) is 0 Å². The molecular formula is H10Cu9Sn5. The molecule has 0 rings (SSSR count). The van der Waals surface area contributed by atoms with Crippen LogP contribution in [0.2, 0.25) is 0 Å². The van der Waals surface area contributed by atoms with Gasteiger partial charge in [0.2, 0.25) is 0 Å². The summed E-state index contributed by atoms with van der Waals surface area (Å²) in [6, 6.07) is 0. The van der Waals surface area contributed by atoms with Crippen molar-refractivity contribution in [3.05, 3.63) is 0 Å². The van der Waals surface area contributed by atoms with Gasteiger partial charge in [-0.3, -0.25) is 0 Å². The van der Waals surface area contributed by atoms with Crippen LogP contribution in [0.5, 0.6) is 0 Å². The SMILES string of the molecule is [Cu].[Cu].[Cu].[Cu].[Cu].[Cu].[Cu].[Cu].[Cu].[SnH2].[SnH2].[SnH2].[SnH2].[SnH2]. The summed E-state index contributed by atoms with van der Waals surface area (Å²) in [6.45, 7) is 0. The van der Waals surface area contributed by atoms with Crippen LogP contribution in [0.15, 0.2) is 0 Å². The zero-order valence-corrected chi connectivity index (χ0v) is 34.9. The standard InChI is InChI=1S/9Cu.5Sn.10H. The number of hydrogen-bond acceptors (Lipinski definition) is 0. The fourth-order valence-corrected chi connectivity index (χ4v) is 0. The van der Waals surface area contributed by atoms with E-state index in [1.54, 1.807) is 0 Å². The summed E-state index contributed by atoms with van der Waals surface area (Å²) < 4.78 is 0. The molecule has 0 amide bonds. The minimum absolute atomic E-state index is 0. The average molecular weight is 1180 g/mol. The van der Waals surface area contributed by atoms with Crippen molar-refractivity contribution in [2.75, 3.05) is 0 Å². The Morgan fingerprint density at radius 3 is 0.143 bits per heavy atom. The Kier molecular flexibility index (Phi) is 1250. The first kappa shape index (κ1) is 142. The molecule has 0 nitrogen and oxygen atoms in total. The van der Waals surface area contributed by atoms with Crippen LogP contribution < -0.4 is 0 Å². The van der Waals surface area contributed by atoms with Crippen LogP contribution in [0.1, 0.15) is 0 Å². The van der Waals surface area contributed by atoms with Gasteiger partial charge in [0, 0.05) is 154 Å². The zero-order chi connectivity index (χ0) is 0. The van der Waals surface area contributed by atoms with E-state index in [4.69, 9.17) is 0 Å². The van der Waals surface area contributed by atoms with Gasteiger partial charge in [-0.05, 0) is 0 Å². The topological polar surface area (TPSA) is 0 Å². The Morgan fingerprint density at radius 2 is 0.143 bits per heavy atom. The molecule has 0 atom stereocenters. The zero-order valence-electron chi connectivity index (χ0n) is 6.25. The Morgan fingerprint density at radius 1 is 0.143 bits per heavy atom. The summed E-state index contributed by atoms with van der Waals surface area (Å²) in [5.41, 5.74) is 0. The predicted octanol–water partition coefficient (Wildman–Crippen LogP) is -4.60. The second-order valence-electron chi connectivity index (χ2n) is 0. The van der Waals surface area contributed by atoms with Crippen molar-refractivity contribution in [1.29, 1.82) is 0 Å². The van der Waals surface area contributed by atoms with Gasteiger partial charge in [-0.15, -0.1) is 0 Å². The fourth-order valence-electron chi connectivity index (χ4n) is 0. The average Bonchev–Trinajstić information content (AvgIpc) is 0. The third-order valence-corrected chi connectivity index (χ3v) is 0. The van der Waals surface area contributed by atoms with E-state index in [2.05, 4.69) is 0 Å². The Balaban J connectivity index is 0. The van der Waals surface area contributed by atoms with Gasteiger partial charge in [0.15, 0.2) is 0 Å². The summed E-state index contributed by atoms with van der Waals surface area (Å²) in [6.07, 6.45) is 0. The van der Waals surface area contributed by atoms with Crippen molar-refractivity contribution >= 4 is 120 Å². The normalized spacial score (nSPS) is 0. The van der Waals surface area contributed by atoms with E-state index in [9.17, 15) is 0 Å².